The van der Waals surface area contributed by atoms with Gasteiger partial charge in [0, 0.05) is 6.07 Å². The summed E-state index contributed by atoms with van der Waals surface area (Å²) in [5.41, 5.74) is 0. The molecular formula is C15H22FNO2. The van der Waals surface area contributed by atoms with Crippen LogP contribution in [0.4, 0.5) is 4.39 Å². The van der Waals surface area contributed by atoms with Gasteiger partial charge in [-0.1, -0.05) is 0 Å². The predicted molar refractivity (Wildman–Crippen MR) is 73.3 cm³/mol. The summed E-state index contributed by atoms with van der Waals surface area (Å²) in [5, 5.41) is 0. The minimum atomic E-state index is -0.323. The van der Waals surface area contributed by atoms with Gasteiger partial charge in [-0.25, -0.2) is 4.39 Å². The number of halogens is 1. The fourth-order valence-electron chi connectivity index (χ4n) is 2.29. The Morgan fingerprint density at radius 2 is 2.00 bits per heavy atom. The van der Waals surface area contributed by atoms with Gasteiger partial charge in [0.15, 0.2) is 11.6 Å². The van der Waals surface area contributed by atoms with Crippen LogP contribution < -0.4 is 9.47 Å². The molecule has 106 valence electrons. The first-order valence-electron chi connectivity index (χ1n) is 6.92. The van der Waals surface area contributed by atoms with Crippen LogP contribution in [0.5, 0.6) is 11.5 Å². The van der Waals surface area contributed by atoms with E-state index < -0.39 is 0 Å². The summed E-state index contributed by atoms with van der Waals surface area (Å²) in [7, 11) is 2.13. The Morgan fingerprint density at radius 1 is 1.26 bits per heavy atom. The zero-order valence-corrected chi connectivity index (χ0v) is 11.7. The van der Waals surface area contributed by atoms with Gasteiger partial charge >= 0.3 is 0 Å². The average molecular weight is 267 g/mol. The van der Waals surface area contributed by atoms with Gasteiger partial charge in [0.1, 0.15) is 5.75 Å². The van der Waals surface area contributed by atoms with Gasteiger partial charge in [-0.05, 0) is 58.0 Å². The van der Waals surface area contributed by atoms with E-state index in [-0.39, 0.29) is 5.82 Å². The molecule has 0 bridgehead atoms. The minimum absolute atomic E-state index is 0.296. The number of ether oxygens (including phenoxy) is 2. The van der Waals surface area contributed by atoms with Crippen LogP contribution in [-0.4, -0.2) is 38.3 Å². The van der Waals surface area contributed by atoms with Crippen molar-refractivity contribution < 1.29 is 13.9 Å². The molecule has 0 saturated carbocycles. The van der Waals surface area contributed by atoms with E-state index in [1.165, 1.54) is 6.07 Å². The molecule has 3 nitrogen and oxygen atoms in total. The van der Waals surface area contributed by atoms with E-state index in [4.69, 9.17) is 9.47 Å². The summed E-state index contributed by atoms with van der Waals surface area (Å²) in [6.45, 7) is 5.24. The monoisotopic (exact) mass is 267 g/mol. The van der Waals surface area contributed by atoms with E-state index in [2.05, 4.69) is 11.9 Å². The van der Waals surface area contributed by atoms with E-state index >= 15 is 0 Å². The summed E-state index contributed by atoms with van der Waals surface area (Å²) in [6, 6.07) is 4.66. The molecule has 0 spiro atoms. The quantitative estimate of drug-likeness (QED) is 0.818. The number of nitrogens with zero attached hydrogens (tertiary/aromatic N) is 1. The zero-order chi connectivity index (χ0) is 13.7. The van der Waals surface area contributed by atoms with Crippen LogP contribution in [0.25, 0.3) is 0 Å². The van der Waals surface area contributed by atoms with Crippen LogP contribution in [0.2, 0.25) is 0 Å². The fourth-order valence-corrected chi connectivity index (χ4v) is 2.29. The van der Waals surface area contributed by atoms with E-state index in [0.29, 0.717) is 30.6 Å². The first-order chi connectivity index (χ1) is 9.19. The molecule has 1 aromatic carbocycles. The Balaban J connectivity index is 1.89. The highest BCUT2D eigenvalue weighted by atomic mass is 19.1. The van der Waals surface area contributed by atoms with Gasteiger partial charge in [-0.2, -0.15) is 0 Å². The van der Waals surface area contributed by atoms with E-state index in [9.17, 15) is 4.39 Å². The lowest BCUT2D eigenvalue weighted by molar-refractivity contribution is 0.156. The second kappa shape index (κ2) is 6.75. The van der Waals surface area contributed by atoms with Crippen LogP contribution in [0.15, 0.2) is 18.2 Å². The normalized spacial score (nSPS) is 17.4. The molecule has 0 N–H and O–H groups in total. The number of rotatable bonds is 5. The van der Waals surface area contributed by atoms with E-state index in [1.807, 2.05) is 6.92 Å². The summed E-state index contributed by atoms with van der Waals surface area (Å²) in [6.07, 6.45) is 2.23. The Labute approximate surface area is 114 Å². The van der Waals surface area contributed by atoms with Crippen molar-refractivity contribution in [1.29, 1.82) is 0 Å². The molecule has 4 heteroatoms. The predicted octanol–water partition coefficient (Wildman–Crippen LogP) is 2.95. The standard InChI is InChI=1S/C15H22FNO2/c1-3-18-13-4-5-14(16)15(10-13)19-11-12-6-8-17(2)9-7-12/h4-5,10,12H,3,6-9,11H2,1-2H3. The smallest absolute Gasteiger partial charge is 0.165 e. The van der Waals surface area contributed by atoms with Gasteiger partial charge in [-0.3, -0.25) is 0 Å². The highest BCUT2D eigenvalue weighted by Crippen LogP contribution is 2.25. The molecule has 2 rings (SSSR count). The van der Waals surface area contributed by atoms with Crippen molar-refractivity contribution in [3.8, 4) is 11.5 Å². The Hall–Kier alpha value is -1.29. The maximum Gasteiger partial charge on any atom is 0.165 e. The van der Waals surface area contributed by atoms with Crippen LogP contribution in [0.3, 0.4) is 0 Å². The van der Waals surface area contributed by atoms with Crippen molar-refractivity contribution >= 4 is 0 Å². The second-order valence-corrected chi connectivity index (χ2v) is 5.08. The maximum absolute atomic E-state index is 13.6. The van der Waals surface area contributed by atoms with Crippen molar-refractivity contribution in [2.75, 3.05) is 33.4 Å². The number of hydrogen-bond donors (Lipinski definition) is 0. The molecule has 1 heterocycles. The Bertz CT molecular complexity index is 403. The van der Waals surface area contributed by atoms with E-state index in [0.717, 1.165) is 25.9 Å². The second-order valence-electron chi connectivity index (χ2n) is 5.08. The van der Waals surface area contributed by atoms with Gasteiger partial charge in [0.25, 0.3) is 0 Å². The summed E-state index contributed by atoms with van der Waals surface area (Å²) >= 11 is 0. The molecule has 1 saturated heterocycles. The molecule has 0 amide bonds. The third kappa shape index (κ3) is 4.10. The molecule has 1 fully saturated rings. The zero-order valence-electron chi connectivity index (χ0n) is 11.7. The molecule has 1 aliphatic rings. The lowest BCUT2D eigenvalue weighted by atomic mass is 9.98. The molecule has 0 aromatic heterocycles. The fraction of sp³-hybridized carbons (Fsp3) is 0.600. The van der Waals surface area contributed by atoms with Crippen molar-refractivity contribution in [1.82, 2.24) is 4.90 Å². The third-order valence-electron chi connectivity index (χ3n) is 3.53. The molecule has 0 atom stereocenters. The van der Waals surface area contributed by atoms with Gasteiger partial charge in [0.05, 0.1) is 13.2 Å². The van der Waals surface area contributed by atoms with Crippen LogP contribution >= 0.6 is 0 Å². The molecule has 1 aliphatic heterocycles. The number of hydrogen-bond acceptors (Lipinski definition) is 3. The van der Waals surface area contributed by atoms with Crippen molar-refractivity contribution in [2.24, 2.45) is 5.92 Å². The van der Waals surface area contributed by atoms with Crippen LogP contribution in [-0.2, 0) is 0 Å². The highest BCUT2D eigenvalue weighted by molar-refractivity contribution is 5.34. The van der Waals surface area contributed by atoms with Crippen molar-refractivity contribution in [2.45, 2.75) is 19.8 Å². The van der Waals surface area contributed by atoms with Gasteiger partial charge in [0.2, 0.25) is 0 Å². The molecule has 0 aliphatic carbocycles. The maximum atomic E-state index is 13.6. The Morgan fingerprint density at radius 3 is 2.68 bits per heavy atom. The average Bonchev–Trinajstić information content (AvgIpc) is 2.41. The molecule has 1 aromatic rings. The van der Waals surface area contributed by atoms with E-state index in [1.54, 1.807) is 12.1 Å². The third-order valence-corrected chi connectivity index (χ3v) is 3.53. The van der Waals surface area contributed by atoms with Crippen molar-refractivity contribution in [3.63, 3.8) is 0 Å². The Kier molecular flexibility index (Phi) is 5.02. The molecular weight excluding hydrogens is 245 g/mol. The summed E-state index contributed by atoms with van der Waals surface area (Å²) < 4.78 is 24.6. The number of piperidine rings is 1. The summed E-state index contributed by atoms with van der Waals surface area (Å²) in [4.78, 5) is 2.31. The van der Waals surface area contributed by atoms with Gasteiger partial charge in [-0.15, -0.1) is 0 Å². The van der Waals surface area contributed by atoms with Crippen LogP contribution in [0, 0.1) is 11.7 Å². The van der Waals surface area contributed by atoms with Gasteiger partial charge < -0.3 is 14.4 Å². The SMILES string of the molecule is CCOc1ccc(F)c(OCC2CCN(C)CC2)c1. The van der Waals surface area contributed by atoms with Crippen molar-refractivity contribution in [3.05, 3.63) is 24.0 Å². The first kappa shape index (κ1) is 14.1. The highest BCUT2D eigenvalue weighted by Gasteiger charge is 2.18. The summed E-state index contributed by atoms with van der Waals surface area (Å²) in [5.74, 6) is 1.15. The number of benzene rings is 1. The number of likely N-dealkylation sites (tertiary alicyclic amines) is 1. The largest absolute Gasteiger partial charge is 0.494 e. The molecule has 0 unspecified atom stereocenters. The minimum Gasteiger partial charge on any atom is -0.494 e. The topological polar surface area (TPSA) is 21.7 Å². The lowest BCUT2D eigenvalue weighted by Gasteiger charge is -2.28. The lowest BCUT2D eigenvalue weighted by Crippen LogP contribution is -2.32. The van der Waals surface area contributed by atoms with Crippen LogP contribution in [0.1, 0.15) is 19.8 Å². The molecule has 19 heavy (non-hydrogen) atoms. The first-order valence-corrected chi connectivity index (χ1v) is 6.92. The molecule has 0 radical (unpaired) electrons.